The van der Waals surface area contributed by atoms with Crippen LogP contribution in [0.5, 0.6) is 5.75 Å². The van der Waals surface area contributed by atoms with E-state index in [9.17, 15) is 14.0 Å². The Labute approximate surface area is 199 Å². The monoisotopic (exact) mass is 461 g/mol. The maximum atomic E-state index is 13.8. The van der Waals surface area contributed by atoms with Gasteiger partial charge in [0, 0.05) is 24.2 Å². The fourth-order valence-corrected chi connectivity index (χ4v) is 3.94. The molecule has 0 atom stereocenters. The molecule has 0 N–H and O–H groups in total. The van der Waals surface area contributed by atoms with Crippen molar-refractivity contribution in [2.75, 3.05) is 13.7 Å². The fraction of sp³-hybridized carbons (Fsp3) is 0.286. The van der Waals surface area contributed by atoms with Gasteiger partial charge in [-0.05, 0) is 66.8 Å². The van der Waals surface area contributed by atoms with Crippen LogP contribution in [-0.4, -0.2) is 30.4 Å². The fourth-order valence-electron chi connectivity index (χ4n) is 3.94. The van der Waals surface area contributed by atoms with Crippen LogP contribution in [0.2, 0.25) is 0 Å². The highest BCUT2D eigenvalue weighted by molar-refractivity contribution is 5.94. The Hall–Kier alpha value is -3.67. The van der Waals surface area contributed by atoms with Crippen molar-refractivity contribution >= 4 is 11.9 Å². The Morgan fingerprint density at radius 2 is 1.62 bits per heavy atom. The number of esters is 1. The van der Waals surface area contributed by atoms with Crippen molar-refractivity contribution in [2.45, 2.75) is 32.4 Å². The Bertz CT molecular complexity index is 1120. The zero-order chi connectivity index (χ0) is 23.9. The van der Waals surface area contributed by atoms with Crippen molar-refractivity contribution in [3.63, 3.8) is 0 Å². The largest absolute Gasteiger partial charge is 0.489 e. The van der Waals surface area contributed by atoms with E-state index in [1.807, 2.05) is 17.0 Å². The van der Waals surface area contributed by atoms with Crippen molar-refractivity contribution in [3.05, 3.63) is 101 Å². The number of rotatable bonds is 9. The molecule has 1 amide bonds. The van der Waals surface area contributed by atoms with Gasteiger partial charge in [0.2, 0.25) is 0 Å². The molecule has 3 aromatic rings. The summed E-state index contributed by atoms with van der Waals surface area (Å²) in [6.45, 7) is 1.28. The number of hydrogen-bond acceptors (Lipinski definition) is 4. The van der Waals surface area contributed by atoms with Gasteiger partial charge in [0.1, 0.15) is 18.2 Å². The Balaban J connectivity index is 1.43. The smallest absolute Gasteiger partial charge is 0.337 e. The summed E-state index contributed by atoms with van der Waals surface area (Å²) in [6.07, 6.45) is 3.47. The number of ether oxygens (including phenoxy) is 2. The molecule has 0 aliphatic heterocycles. The summed E-state index contributed by atoms with van der Waals surface area (Å²) in [6, 6.07) is 20.6. The van der Waals surface area contributed by atoms with E-state index in [4.69, 9.17) is 9.47 Å². The number of halogens is 1. The summed E-state index contributed by atoms with van der Waals surface area (Å²) < 4.78 is 24.2. The molecule has 0 aromatic heterocycles. The Morgan fingerprint density at radius 1 is 0.941 bits per heavy atom. The number of methoxy groups -OCH3 is 1. The lowest BCUT2D eigenvalue weighted by molar-refractivity contribution is 0.0599. The average molecular weight is 462 g/mol. The minimum atomic E-state index is -0.383. The van der Waals surface area contributed by atoms with Gasteiger partial charge in [0.25, 0.3) is 5.91 Å². The third-order valence-electron chi connectivity index (χ3n) is 6.19. The van der Waals surface area contributed by atoms with Crippen LogP contribution in [0.3, 0.4) is 0 Å². The number of carbonyl (C=O) groups is 2. The van der Waals surface area contributed by atoms with Crippen molar-refractivity contribution in [3.8, 4) is 5.75 Å². The highest BCUT2D eigenvalue weighted by atomic mass is 19.1. The average Bonchev–Trinajstić information content (AvgIpc) is 2.84. The zero-order valence-electron chi connectivity index (χ0n) is 19.2. The van der Waals surface area contributed by atoms with Gasteiger partial charge in [0.05, 0.1) is 12.7 Å². The summed E-state index contributed by atoms with van der Waals surface area (Å²) in [4.78, 5) is 26.9. The molecular weight excluding hydrogens is 433 g/mol. The second-order valence-electron chi connectivity index (χ2n) is 8.58. The van der Waals surface area contributed by atoms with Crippen molar-refractivity contribution < 1.29 is 23.5 Å². The third-order valence-corrected chi connectivity index (χ3v) is 6.19. The van der Waals surface area contributed by atoms with Crippen LogP contribution in [0.4, 0.5) is 4.39 Å². The molecule has 0 radical (unpaired) electrons. The number of benzene rings is 3. The normalized spacial score (nSPS) is 13.1. The van der Waals surface area contributed by atoms with Gasteiger partial charge in [-0.3, -0.25) is 4.79 Å². The van der Waals surface area contributed by atoms with Gasteiger partial charge in [-0.1, -0.05) is 36.8 Å². The maximum absolute atomic E-state index is 13.8. The van der Waals surface area contributed by atoms with Gasteiger partial charge >= 0.3 is 5.97 Å². The van der Waals surface area contributed by atoms with Gasteiger partial charge in [-0.2, -0.15) is 0 Å². The quantitative estimate of drug-likeness (QED) is 0.387. The van der Waals surface area contributed by atoms with Crippen LogP contribution < -0.4 is 4.74 Å². The molecule has 1 fully saturated rings. The van der Waals surface area contributed by atoms with Crippen molar-refractivity contribution in [2.24, 2.45) is 5.92 Å². The summed E-state index contributed by atoms with van der Waals surface area (Å²) >= 11 is 0. The van der Waals surface area contributed by atoms with Gasteiger partial charge in [0.15, 0.2) is 0 Å². The van der Waals surface area contributed by atoms with E-state index < -0.39 is 0 Å². The zero-order valence-corrected chi connectivity index (χ0v) is 19.2. The molecule has 0 bridgehead atoms. The molecule has 0 unspecified atom stereocenters. The molecule has 0 saturated heterocycles. The predicted molar refractivity (Wildman–Crippen MR) is 127 cm³/mol. The molecular formula is C28H28FNO4. The first-order chi connectivity index (χ1) is 16.5. The Morgan fingerprint density at radius 3 is 2.24 bits per heavy atom. The minimum Gasteiger partial charge on any atom is -0.489 e. The van der Waals surface area contributed by atoms with E-state index in [-0.39, 0.29) is 24.3 Å². The first-order valence-electron chi connectivity index (χ1n) is 11.5. The van der Waals surface area contributed by atoms with Gasteiger partial charge in [-0.15, -0.1) is 0 Å². The third kappa shape index (κ3) is 5.81. The topological polar surface area (TPSA) is 55.8 Å². The summed E-state index contributed by atoms with van der Waals surface area (Å²) in [7, 11) is 1.35. The lowest BCUT2D eigenvalue weighted by Crippen LogP contribution is -2.37. The van der Waals surface area contributed by atoms with Crippen molar-refractivity contribution in [1.29, 1.82) is 0 Å². The summed E-state index contributed by atoms with van der Waals surface area (Å²) in [5.41, 5.74) is 2.48. The van der Waals surface area contributed by atoms with E-state index in [1.165, 1.54) is 19.6 Å². The molecule has 0 spiro atoms. The lowest BCUT2D eigenvalue weighted by atomic mass is 9.85. The summed E-state index contributed by atoms with van der Waals surface area (Å²) in [5.74, 6) is 0.349. The molecule has 6 heteroatoms. The minimum absolute atomic E-state index is 0.0513. The summed E-state index contributed by atoms with van der Waals surface area (Å²) in [5, 5.41) is 0. The second kappa shape index (κ2) is 11.0. The molecule has 1 saturated carbocycles. The highest BCUT2D eigenvalue weighted by Gasteiger charge is 2.25. The molecule has 5 nitrogen and oxygen atoms in total. The first-order valence-corrected chi connectivity index (χ1v) is 11.5. The molecule has 1 aliphatic rings. The number of carbonyl (C=O) groups excluding carboxylic acids is 2. The predicted octanol–water partition coefficient (Wildman–Crippen LogP) is 5.63. The van der Waals surface area contributed by atoms with E-state index in [1.54, 1.807) is 54.6 Å². The van der Waals surface area contributed by atoms with Gasteiger partial charge < -0.3 is 14.4 Å². The molecule has 34 heavy (non-hydrogen) atoms. The molecule has 4 rings (SSSR count). The van der Waals surface area contributed by atoms with E-state index >= 15 is 0 Å². The van der Waals surface area contributed by atoms with Gasteiger partial charge in [-0.25, -0.2) is 9.18 Å². The number of hydrogen-bond donors (Lipinski definition) is 0. The molecule has 176 valence electrons. The maximum Gasteiger partial charge on any atom is 0.337 e. The standard InChI is InChI=1S/C28H28FNO4/c1-33-28(32)23-11-9-21(10-12-23)18-30(17-20-5-4-6-20)27(31)22-13-15-25(16-14-22)34-19-24-7-2-3-8-26(24)29/h2-3,7-16,20H,4-6,17-19H2,1H3. The van der Waals surface area contributed by atoms with Crippen LogP contribution in [0, 0.1) is 11.7 Å². The van der Waals surface area contributed by atoms with E-state index in [2.05, 4.69) is 0 Å². The van der Waals surface area contributed by atoms with Crippen LogP contribution in [0.1, 0.15) is 51.1 Å². The van der Waals surface area contributed by atoms with E-state index in [0.29, 0.717) is 41.4 Å². The molecule has 1 aliphatic carbocycles. The van der Waals surface area contributed by atoms with E-state index in [0.717, 1.165) is 18.4 Å². The highest BCUT2D eigenvalue weighted by Crippen LogP contribution is 2.28. The SMILES string of the molecule is COC(=O)c1ccc(CN(CC2CCC2)C(=O)c2ccc(OCc3ccccc3F)cc2)cc1. The molecule has 3 aromatic carbocycles. The van der Waals surface area contributed by atoms with Crippen molar-refractivity contribution in [1.82, 2.24) is 4.90 Å². The number of amides is 1. The van der Waals surface area contributed by atoms with Crippen LogP contribution in [-0.2, 0) is 17.9 Å². The second-order valence-corrected chi connectivity index (χ2v) is 8.58. The lowest BCUT2D eigenvalue weighted by Gasteiger charge is -2.32. The van der Waals surface area contributed by atoms with Crippen LogP contribution >= 0.6 is 0 Å². The molecule has 0 heterocycles. The van der Waals surface area contributed by atoms with Crippen LogP contribution in [0.25, 0.3) is 0 Å². The Kier molecular flexibility index (Phi) is 7.58. The van der Waals surface area contributed by atoms with Crippen LogP contribution in [0.15, 0.2) is 72.8 Å². The number of nitrogens with zero attached hydrogens (tertiary/aromatic N) is 1. The first kappa shape index (κ1) is 23.5.